The summed E-state index contributed by atoms with van der Waals surface area (Å²) in [6.45, 7) is 0. The number of hydrogen-bond acceptors (Lipinski definition) is 3. The van der Waals surface area contributed by atoms with E-state index in [1.54, 1.807) is 18.2 Å². The molecule has 0 unspecified atom stereocenters. The van der Waals surface area contributed by atoms with Crippen LogP contribution >= 0.6 is 0 Å². The van der Waals surface area contributed by atoms with Gasteiger partial charge in [0.1, 0.15) is 0 Å². The molecule has 4 aromatic rings. The SMILES string of the molecule is O=C(Cc1ccc2ccccc2c1)Nc1ccc2oc(=O)[nH]c2c1. The van der Waals surface area contributed by atoms with Gasteiger partial charge in [-0.2, -0.15) is 0 Å². The molecule has 5 heteroatoms. The van der Waals surface area contributed by atoms with Crippen molar-refractivity contribution in [2.75, 3.05) is 5.32 Å². The van der Waals surface area contributed by atoms with E-state index in [0.29, 0.717) is 16.8 Å². The van der Waals surface area contributed by atoms with Crippen LogP contribution in [0.4, 0.5) is 5.69 Å². The summed E-state index contributed by atoms with van der Waals surface area (Å²) in [4.78, 5) is 26.0. The number of anilines is 1. The maximum Gasteiger partial charge on any atom is 0.417 e. The molecule has 118 valence electrons. The van der Waals surface area contributed by atoms with Crippen molar-refractivity contribution >= 4 is 33.5 Å². The van der Waals surface area contributed by atoms with Gasteiger partial charge in [0.15, 0.2) is 5.58 Å². The quantitative estimate of drug-likeness (QED) is 0.607. The lowest BCUT2D eigenvalue weighted by molar-refractivity contribution is -0.115. The number of carbonyl (C=O) groups excluding carboxylic acids is 1. The minimum atomic E-state index is -0.510. The van der Waals surface area contributed by atoms with Gasteiger partial charge in [0, 0.05) is 5.69 Å². The highest BCUT2D eigenvalue weighted by Gasteiger charge is 2.07. The second kappa shape index (κ2) is 5.70. The molecule has 1 aromatic heterocycles. The van der Waals surface area contributed by atoms with Gasteiger partial charge < -0.3 is 9.73 Å². The fourth-order valence-electron chi connectivity index (χ4n) is 2.77. The summed E-state index contributed by atoms with van der Waals surface area (Å²) in [7, 11) is 0. The number of benzene rings is 3. The standard InChI is InChI=1S/C19H14N2O3/c22-18(10-12-5-6-13-3-1-2-4-14(13)9-12)20-15-7-8-17-16(11-15)21-19(23)24-17/h1-9,11H,10H2,(H,20,22)(H,21,23). The molecule has 4 rings (SSSR count). The smallest absolute Gasteiger partial charge is 0.408 e. The monoisotopic (exact) mass is 318 g/mol. The Labute approximate surface area is 136 Å². The number of fused-ring (bicyclic) bond motifs is 2. The summed E-state index contributed by atoms with van der Waals surface area (Å²) in [6.07, 6.45) is 0.283. The van der Waals surface area contributed by atoms with Gasteiger partial charge in [-0.3, -0.25) is 9.78 Å². The van der Waals surface area contributed by atoms with Gasteiger partial charge >= 0.3 is 5.76 Å². The lowest BCUT2D eigenvalue weighted by atomic mass is 10.0. The van der Waals surface area contributed by atoms with Crippen molar-refractivity contribution in [2.45, 2.75) is 6.42 Å². The van der Waals surface area contributed by atoms with Gasteiger partial charge in [-0.15, -0.1) is 0 Å². The number of H-pyrrole nitrogens is 1. The molecular formula is C19H14N2O3. The number of amides is 1. The molecule has 0 radical (unpaired) electrons. The van der Waals surface area contributed by atoms with Crippen molar-refractivity contribution in [3.8, 4) is 0 Å². The van der Waals surface area contributed by atoms with Crippen LogP contribution in [0.3, 0.4) is 0 Å². The first kappa shape index (κ1) is 14.3. The van der Waals surface area contributed by atoms with Crippen LogP contribution in [0.2, 0.25) is 0 Å². The van der Waals surface area contributed by atoms with Crippen LogP contribution in [0, 0.1) is 0 Å². The van der Waals surface area contributed by atoms with E-state index in [0.717, 1.165) is 16.3 Å². The van der Waals surface area contributed by atoms with E-state index >= 15 is 0 Å². The predicted molar refractivity (Wildman–Crippen MR) is 93.1 cm³/mol. The third kappa shape index (κ3) is 2.79. The van der Waals surface area contributed by atoms with Gasteiger partial charge in [-0.25, -0.2) is 4.79 Å². The van der Waals surface area contributed by atoms with Crippen LogP contribution in [0.25, 0.3) is 21.9 Å². The second-order valence-electron chi connectivity index (χ2n) is 5.63. The van der Waals surface area contributed by atoms with E-state index in [-0.39, 0.29) is 12.3 Å². The Morgan fingerprint density at radius 3 is 2.71 bits per heavy atom. The Hall–Kier alpha value is -3.34. The number of hydrogen-bond donors (Lipinski definition) is 2. The second-order valence-corrected chi connectivity index (χ2v) is 5.63. The summed E-state index contributed by atoms with van der Waals surface area (Å²) in [5, 5.41) is 5.10. The van der Waals surface area contributed by atoms with E-state index in [4.69, 9.17) is 4.42 Å². The average Bonchev–Trinajstić information content (AvgIpc) is 2.94. The Morgan fingerprint density at radius 1 is 1.00 bits per heavy atom. The molecule has 0 atom stereocenters. The lowest BCUT2D eigenvalue weighted by Crippen LogP contribution is -2.14. The minimum Gasteiger partial charge on any atom is -0.408 e. The molecule has 2 N–H and O–H groups in total. The first-order valence-corrected chi connectivity index (χ1v) is 7.58. The summed E-state index contributed by atoms with van der Waals surface area (Å²) < 4.78 is 4.94. The molecule has 0 aliphatic heterocycles. The molecule has 24 heavy (non-hydrogen) atoms. The Bertz CT molecular complexity index is 1110. The summed E-state index contributed by atoms with van der Waals surface area (Å²) in [5.74, 6) is -0.625. The summed E-state index contributed by atoms with van der Waals surface area (Å²) >= 11 is 0. The third-order valence-corrected chi connectivity index (χ3v) is 3.88. The zero-order valence-electron chi connectivity index (χ0n) is 12.7. The molecule has 0 aliphatic rings. The van der Waals surface area contributed by atoms with Crippen molar-refractivity contribution in [3.05, 3.63) is 76.8 Å². The molecule has 0 bridgehead atoms. The van der Waals surface area contributed by atoms with E-state index in [1.165, 1.54) is 0 Å². The maximum atomic E-state index is 12.3. The lowest BCUT2D eigenvalue weighted by Gasteiger charge is -2.06. The van der Waals surface area contributed by atoms with Crippen molar-refractivity contribution in [1.82, 2.24) is 4.98 Å². The average molecular weight is 318 g/mol. The van der Waals surface area contributed by atoms with E-state index < -0.39 is 5.76 Å². The fraction of sp³-hybridized carbons (Fsp3) is 0.0526. The fourth-order valence-corrected chi connectivity index (χ4v) is 2.77. The van der Waals surface area contributed by atoms with Crippen LogP contribution in [0.15, 0.2) is 69.9 Å². The van der Waals surface area contributed by atoms with Crippen molar-refractivity contribution < 1.29 is 9.21 Å². The molecular weight excluding hydrogens is 304 g/mol. The summed E-state index contributed by atoms with van der Waals surface area (Å²) in [6, 6.07) is 19.1. The molecule has 1 heterocycles. The number of aromatic nitrogens is 1. The van der Waals surface area contributed by atoms with Gasteiger partial charge in [0.25, 0.3) is 0 Å². The number of nitrogens with one attached hydrogen (secondary N) is 2. The number of aromatic amines is 1. The maximum absolute atomic E-state index is 12.3. The molecule has 0 saturated carbocycles. The Kier molecular flexibility index (Phi) is 3.39. The van der Waals surface area contributed by atoms with Crippen molar-refractivity contribution in [2.24, 2.45) is 0 Å². The first-order valence-electron chi connectivity index (χ1n) is 7.58. The molecule has 0 fully saturated rings. The predicted octanol–water partition coefficient (Wildman–Crippen LogP) is 3.46. The normalized spacial score (nSPS) is 11.0. The third-order valence-electron chi connectivity index (χ3n) is 3.88. The van der Waals surface area contributed by atoms with E-state index in [2.05, 4.69) is 10.3 Å². The Morgan fingerprint density at radius 2 is 1.83 bits per heavy atom. The van der Waals surface area contributed by atoms with Gasteiger partial charge in [-0.1, -0.05) is 42.5 Å². The largest absolute Gasteiger partial charge is 0.417 e. The summed E-state index contributed by atoms with van der Waals surface area (Å²) in [5.41, 5.74) is 2.59. The van der Waals surface area contributed by atoms with Crippen LogP contribution < -0.4 is 11.1 Å². The zero-order valence-corrected chi connectivity index (χ0v) is 12.7. The molecule has 5 nitrogen and oxygen atoms in total. The van der Waals surface area contributed by atoms with Crippen molar-refractivity contribution in [3.63, 3.8) is 0 Å². The molecule has 3 aromatic carbocycles. The van der Waals surface area contributed by atoms with Gasteiger partial charge in [-0.05, 0) is 34.5 Å². The number of carbonyl (C=O) groups is 1. The van der Waals surface area contributed by atoms with Crippen LogP contribution in [0.1, 0.15) is 5.56 Å². The molecule has 0 spiro atoms. The highest BCUT2D eigenvalue weighted by Crippen LogP contribution is 2.18. The molecule has 0 aliphatic carbocycles. The van der Waals surface area contributed by atoms with Gasteiger partial charge in [0.05, 0.1) is 11.9 Å². The highest BCUT2D eigenvalue weighted by molar-refractivity contribution is 5.94. The van der Waals surface area contributed by atoms with Crippen LogP contribution in [-0.2, 0) is 11.2 Å². The van der Waals surface area contributed by atoms with E-state index in [9.17, 15) is 9.59 Å². The van der Waals surface area contributed by atoms with Crippen molar-refractivity contribution in [1.29, 1.82) is 0 Å². The van der Waals surface area contributed by atoms with E-state index in [1.807, 2.05) is 42.5 Å². The molecule has 1 amide bonds. The minimum absolute atomic E-state index is 0.115. The number of rotatable bonds is 3. The highest BCUT2D eigenvalue weighted by atomic mass is 16.4. The first-order chi connectivity index (χ1) is 11.7. The van der Waals surface area contributed by atoms with Crippen LogP contribution in [0.5, 0.6) is 0 Å². The Balaban J connectivity index is 1.52. The topological polar surface area (TPSA) is 75.1 Å². The van der Waals surface area contributed by atoms with Gasteiger partial charge in [0.2, 0.25) is 5.91 Å². The van der Waals surface area contributed by atoms with Crippen LogP contribution in [-0.4, -0.2) is 10.9 Å². The number of oxazole rings is 1. The zero-order chi connectivity index (χ0) is 16.5. The molecule has 0 saturated heterocycles.